The number of hydrogen-bond acceptors (Lipinski definition) is 3. The van der Waals surface area contributed by atoms with Crippen LogP contribution in [0.2, 0.25) is 0 Å². The van der Waals surface area contributed by atoms with Gasteiger partial charge >= 0.3 is 0 Å². The molecule has 4 nitrogen and oxygen atoms in total. The molecule has 0 atom stereocenters. The number of nitrogens with two attached hydrogens (primary N) is 1. The molecule has 0 heterocycles. The first-order valence-electron chi connectivity index (χ1n) is 6.85. The predicted molar refractivity (Wildman–Crippen MR) is 81.6 cm³/mol. The third-order valence-electron chi connectivity index (χ3n) is 3.12. The number of carbonyl (C=O) groups is 1. The fourth-order valence-electron chi connectivity index (χ4n) is 2.02. The van der Waals surface area contributed by atoms with Gasteiger partial charge in [0.05, 0.1) is 6.61 Å². The Labute approximate surface area is 124 Å². The van der Waals surface area contributed by atoms with Crippen LogP contribution in [-0.4, -0.2) is 12.5 Å². The van der Waals surface area contributed by atoms with Crippen molar-refractivity contribution < 1.29 is 14.3 Å². The van der Waals surface area contributed by atoms with Crippen LogP contribution in [0.25, 0.3) is 0 Å². The highest BCUT2D eigenvalue weighted by Gasteiger charge is 2.09. The number of amides is 1. The highest BCUT2D eigenvalue weighted by atomic mass is 16.5. The van der Waals surface area contributed by atoms with Crippen LogP contribution in [0.1, 0.15) is 28.4 Å². The second-order valence-corrected chi connectivity index (χ2v) is 4.67. The summed E-state index contributed by atoms with van der Waals surface area (Å²) in [5, 5.41) is 0. The van der Waals surface area contributed by atoms with Crippen LogP contribution in [0, 0.1) is 6.92 Å². The maximum atomic E-state index is 11.3. The molecule has 0 unspecified atom stereocenters. The summed E-state index contributed by atoms with van der Waals surface area (Å²) in [6.07, 6.45) is 0. The summed E-state index contributed by atoms with van der Waals surface area (Å²) in [6, 6.07) is 12.9. The maximum Gasteiger partial charge on any atom is 0.248 e. The Hall–Kier alpha value is -2.49. The zero-order valence-electron chi connectivity index (χ0n) is 12.3. The van der Waals surface area contributed by atoms with E-state index < -0.39 is 5.91 Å². The van der Waals surface area contributed by atoms with Gasteiger partial charge in [0, 0.05) is 11.1 Å². The van der Waals surface area contributed by atoms with Gasteiger partial charge in [0.1, 0.15) is 18.1 Å². The Morgan fingerprint density at radius 3 is 2.52 bits per heavy atom. The highest BCUT2D eigenvalue weighted by Crippen LogP contribution is 2.24. The third-order valence-corrected chi connectivity index (χ3v) is 3.12. The minimum absolute atomic E-state index is 0.321. The minimum atomic E-state index is -0.463. The molecule has 0 fully saturated rings. The zero-order chi connectivity index (χ0) is 15.2. The molecule has 0 saturated heterocycles. The van der Waals surface area contributed by atoms with Crippen molar-refractivity contribution in [3.63, 3.8) is 0 Å². The molecule has 0 aromatic heterocycles. The second-order valence-electron chi connectivity index (χ2n) is 4.67. The molecular weight excluding hydrogens is 266 g/mol. The van der Waals surface area contributed by atoms with Crippen molar-refractivity contribution in [3.05, 3.63) is 59.2 Å². The van der Waals surface area contributed by atoms with Gasteiger partial charge in [-0.25, -0.2) is 0 Å². The van der Waals surface area contributed by atoms with E-state index in [4.69, 9.17) is 15.2 Å². The normalized spacial score (nSPS) is 10.2. The standard InChI is InChI=1S/C17H19NO3/c1-3-20-16-9-8-13(17(18)19)10-14(16)11-21-15-7-5-4-6-12(15)2/h4-10H,3,11H2,1-2H3,(H2,18,19). The van der Waals surface area contributed by atoms with Crippen LogP contribution in [-0.2, 0) is 6.61 Å². The van der Waals surface area contributed by atoms with E-state index in [-0.39, 0.29) is 0 Å². The molecular formula is C17H19NO3. The molecule has 1 amide bonds. The van der Waals surface area contributed by atoms with Gasteiger partial charge in [-0.05, 0) is 43.7 Å². The van der Waals surface area contributed by atoms with Gasteiger partial charge in [0.2, 0.25) is 5.91 Å². The molecule has 2 rings (SSSR count). The molecule has 2 N–H and O–H groups in total. The molecule has 0 saturated carbocycles. The summed E-state index contributed by atoms with van der Waals surface area (Å²) in [5.74, 6) is 1.05. The smallest absolute Gasteiger partial charge is 0.248 e. The van der Waals surface area contributed by atoms with Gasteiger partial charge in [-0.2, -0.15) is 0 Å². The van der Waals surface area contributed by atoms with Gasteiger partial charge in [-0.3, -0.25) is 4.79 Å². The predicted octanol–water partition coefficient (Wildman–Crippen LogP) is 3.07. The lowest BCUT2D eigenvalue weighted by molar-refractivity contribution is 0.1000. The average Bonchev–Trinajstić information content (AvgIpc) is 2.47. The van der Waals surface area contributed by atoms with Crippen LogP contribution < -0.4 is 15.2 Å². The fraction of sp³-hybridized carbons (Fsp3) is 0.235. The number of hydrogen-bond donors (Lipinski definition) is 1. The van der Waals surface area contributed by atoms with Crippen molar-refractivity contribution >= 4 is 5.91 Å². The van der Waals surface area contributed by atoms with E-state index >= 15 is 0 Å². The first kappa shape index (κ1) is 14.9. The molecule has 0 aliphatic rings. The van der Waals surface area contributed by atoms with E-state index in [1.54, 1.807) is 18.2 Å². The molecule has 0 radical (unpaired) electrons. The molecule has 4 heteroatoms. The summed E-state index contributed by atoms with van der Waals surface area (Å²) >= 11 is 0. The fourth-order valence-corrected chi connectivity index (χ4v) is 2.02. The van der Waals surface area contributed by atoms with E-state index in [1.807, 2.05) is 38.1 Å². The summed E-state index contributed by atoms with van der Waals surface area (Å²) < 4.78 is 11.4. The van der Waals surface area contributed by atoms with E-state index in [9.17, 15) is 4.79 Å². The van der Waals surface area contributed by atoms with Crippen molar-refractivity contribution in [2.75, 3.05) is 6.61 Å². The van der Waals surface area contributed by atoms with Gasteiger partial charge in [-0.15, -0.1) is 0 Å². The summed E-state index contributed by atoms with van der Waals surface area (Å²) in [7, 11) is 0. The van der Waals surface area contributed by atoms with Crippen LogP contribution in [0.5, 0.6) is 11.5 Å². The molecule has 0 bridgehead atoms. The van der Waals surface area contributed by atoms with Gasteiger partial charge < -0.3 is 15.2 Å². The largest absolute Gasteiger partial charge is 0.493 e. The zero-order valence-corrected chi connectivity index (χ0v) is 12.3. The van der Waals surface area contributed by atoms with E-state index in [1.165, 1.54) is 0 Å². The van der Waals surface area contributed by atoms with E-state index in [0.717, 1.165) is 16.9 Å². The lowest BCUT2D eigenvalue weighted by atomic mass is 10.1. The summed E-state index contributed by atoms with van der Waals surface area (Å²) in [4.78, 5) is 11.3. The average molecular weight is 285 g/mol. The Morgan fingerprint density at radius 2 is 1.86 bits per heavy atom. The van der Waals surface area contributed by atoms with E-state index in [2.05, 4.69) is 0 Å². The molecule has 2 aromatic rings. The first-order chi connectivity index (χ1) is 10.1. The Bertz CT molecular complexity index is 638. The molecule has 0 aliphatic heterocycles. The summed E-state index contributed by atoms with van der Waals surface area (Å²) in [6.45, 7) is 4.77. The quantitative estimate of drug-likeness (QED) is 0.887. The number of benzene rings is 2. The topological polar surface area (TPSA) is 61.5 Å². The number of primary amides is 1. The molecule has 0 spiro atoms. The first-order valence-corrected chi connectivity index (χ1v) is 6.85. The van der Waals surface area contributed by atoms with Gasteiger partial charge in [0.25, 0.3) is 0 Å². The third kappa shape index (κ3) is 3.75. The van der Waals surface area contributed by atoms with Gasteiger partial charge in [0.15, 0.2) is 0 Å². The molecule has 0 aliphatic carbocycles. The van der Waals surface area contributed by atoms with Gasteiger partial charge in [-0.1, -0.05) is 18.2 Å². The minimum Gasteiger partial charge on any atom is -0.493 e. The number of aryl methyl sites for hydroxylation is 1. The monoisotopic (exact) mass is 285 g/mol. The van der Waals surface area contributed by atoms with Crippen molar-refractivity contribution in [3.8, 4) is 11.5 Å². The SMILES string of the molecule is CCOc1ccc(C(N)=O)cc1COc1ccccc1C. The molecule has 2 aromatic carbocycles. The van der Waals surface area contributed by atoms with Crippen LogP contribution in [0.4, 0.5) is 0 Å². The Kier molecular flexibility index (Phi) is 4.82. The van der Waals surface area contributed by atoms with Crippen molar-refractivity contribution in [1.29, 1.82) is 0 Å². The highest BCUT2D eigenvalue weighted by molar-refractivity contribution is 5.93. The molecule has 21 heavy (non-hydrogen) atoms. The van der Waals surface area contributed by atoms with Crippen molar-refractivity contribution in [2.45, 2.75) is 20.5 Å². The number of rotatable bonds is 6. The Balaban J connectivity index is 2.22. The number of para-hydroxylation sites is 1. The van der Waals surface area contributed by atoms with Crippen molar-refractivity contribution in [1.82, 2.24) is 0 Å². The lowest BCUT2D eigenvalue weighted by Gasteiger charge is -2.13. The van der Waals surface area contributed by atoms with Crippen LogP contribution >= 0.6 is 0 Å². The van der Waals surface area contributed by atoms with Crippen LogP contribution in [0.15, 0.2) is 42.5 Å². The Morgan fingerprint density at radius 1 is 1.10 bits per heavy atom. The number of carbonyl (C=O) groups excluding carboxylic acids is 1. The summed E-state index contributed by atoms with van der Waals surface area (Å²) in [5.41, 5.74) is 7.62. The second kappa shape index (κ2) is 6.79. The molecule has 110 valence electrons. The van der Waals surface area contributed by atoms with E-state index in [0.29, 0.717) is 24.5 Å². The lowest BCUT2D eigenvalue weighted by Crippen LogP contribution is -2.12. The van der Waals surface area contributed by atoms with Crippen LogP contribution in [0.3, 0.4) is 0 Å². The van der Waals surface area contributed by atoms with Crippen molar-refractivity contribution in [2.24, 2.45) is 5.73 Å². The maximum absolute atomic E-state index is 11.3. The number of ether oxygens (including phenoxy) is 2.